The summed E-state index contributed by atoms with van der Waals surface area (Å²) in [7, 11) is 0. The highest BCUT2D eigenvalue weighted by Gasteiger charge is 2.25. The maximum absolute atomic E-state index is 13.7. The summed E-state index contributed by atoms with van der Waals surface area (Å²) >= 11 is 0. The minimum absolute atomic E-state index is 0.0196. The minimum atomic E-state index is -0.239. The van der Waals surface area contributed by atoms with E-state index in [0.717, 1.165) is 48.2 Å². The normalized spacial score (nSPS) is 16.7. The lowest BCUT2D eigenvalue weighted by Crippen LogP contribution is -2.37. The zero-order valence-electron chi connectivity index (χ0n) is 16.6. The summed E-state index contributed by atoms with van der Waals surface area (Å²) in [5.41, 5.74) is 3.64. The van der Waals surface area contributed by atoms with E-state index in [9.17, 15) is 4.39 Å². The molecular formula is C24H24FN5. The maximum atomic E-state index is 13.7. The van der Waals surface area contributed by atoms with Gasteiger partial charge in [-0.25, -0.2) is 9.37 Å². The second-order valence-corrected chi connectivity index (χ2v) is 7.43. The van der Waals surface area contributed by atoms with Crippen LogP contribution >= 0.6 is 0 Å². The number of piperidine rings is 1. The highest BCUT2D eigenvalue weighted by Crippen LogP contribution is 2.31. The lowest BCUT2D eigenvalue weighted by Gasteiger charge is -2.37. The van der Waals surface area contributed by atoms with Crippen molar-refractivity contribution in [3.63, 3.8) is 0 Å². The molecule has 6 heteroatoms. The number of halogens is 1. The first-order chi connectivity index (χ1) is 14.6. The molecular weight excluding hydrogens is 377 g/mol. The Morgan fingerprint density at radius 2 is 2.00 bits per heavy atom. The van der Waals surface area contributed by atoms with Gasteiger partial charge in [-0.3, -0.25) is 5.41 Å². The van der Waals surface area contributed by atoms with E-state index in [0.29, 0.717) is 11.7 Å². The lowest BCUT2D eigenvalue weighted by atomic mass is 9.95. The molecule has 1 aliphatic rings. The summed E-state index contributed by atoms with van der Waals surface area (Å²) in [5, 5.41) is 15.8. The molecule has 1 fully saturated rings. The topological polar surface area (TPSA) is 79.6 Å². The van der Waals surface area contributed by atoms with E-state index in [1.54, 1.807) is 30.5 Å². The highest BCUT2D eigenvalue weighted by atomic mass is 19.1. The van der Waals surface area contributed by atoms with E-state index >= 15 is 0 Å². The molecule has 1 atom stereocenters. The van der Waals surface area contributed by atoms with Crippen molar-refractivity contribution in [3.05, 3.63) is 83.6 Å². The quantitative estimate of drug-likeness (QED) is 0.394. The summed E-state index contributed by atoms with van der Waals surface area (Å²) in [6.45, 7) is 0.785. The first-order valence-corrected chi connectivity index (χ1v) is 10.1. The molecule has 0 bridgehead atoms. The van der Waals surface area contributed by atoms with Gasteiger partial charge in [0.2, 0.25) is 0 Å². The number of H-pyrrole nitrogens is 1. The number of rotatable bonds is 5. The van der Waals surface area contributed by atoms with Gasteiger partial charge in [-0.15, -0.1) is 0 Å². The van der Waals surface area contributed by atoms with Gasteiger partial charge in [0.05, 0.1) is 17.9 Å². The molecule has 1 aliphatic heterocycles. The van der Waals surface area contributed by atoms with Gasteiger partial charge in [-0.2, -0.15) is 0 Å². The molecule has 3 aromatic rings. The minimum Gasteiger partial charge on any atom is -0.350 e. The number of aromatic amines is 1. The molecule has 0 spiro atoms. The van der Waals surface area contributed by atoms with Gasteiger partial charge in [0, 0.05) is 12.8 Å². The van der Waals surface area contributed by atoms with Crippen molar-refractivity contribution in [2.24, 2.45) is 0 Å². The van der Waals surface area contributed by atoms with Crippen molar-refractivity contribution >= 4 is 18.1 Å². The molecule has 152 valence electrons. The number of benzene rings is 2. The first-order valence-electron chi connectivity index (χ1n) is 10.1. The molecule has 3 N–H and O–H groups in total. The number of amidine groups is 1. The Bertz CT molecular complexity index is 1070. The van der Waals surface area contributed by atoms with Crippen LogP contribution in [0.1, 0.15) is 42.3 Å². The summed E-state index contributed by atoms with van der Waals surface area (Å²) in [6, 6.07) is 14.4. The third kappa shape index (κ3) is 4.38. The Kier molecular flexibility index (Phi) is 5.84. The van der Waals surface area contributed by atoms with Gasteiger partial charge in [-0.1, -0.05) is 36.4 Å². The van der Waals surface area contributed by atoms with E-state index < -0.39 is 0 Å². The van der Waals surface area contributed by atoms with Crippen LogP contribution in [0.5, 0.6) is 0 Å². The molecule has 0 unspecified atom stereocenters. The van der Waals surface area contributed by atoms with Gasteiger partial charge in [-0.05, 0) is 60.2 Å². The van der Waals surface area contributed by atoms with Crippen molar-refractivity contribution in [3.8, 4) is 11.3 Å². The fourth-order valence-corrected chi connectivity index (χ4v) is 3.86. The molecule has 0 amide bonds. The van der Waals surface area contributed by atoms with Crippen LogP contribution in [0.25, 0.3) is 17.3 Å². The number of likely N-dealkylation sites (tertiary alicyclic amines) is 1. The van der Waals surface area contributed by atoms with Crippen LogP contribution in [-0.2, 0) is 0 Å². The largest absolute Gasteiger partial charge is 0.350 e. The molecule has 1 saturated heterocycles. The Labute approximate surface area is 175 Å². The smallest absolute Gasteiger partial charge is 0.130 e. The predicted octanol–water partition coefficient (Wildman–Crippen LogP) is 5.43. The van der Waals surface area contributed by atoms with Crippen LogP contribution in [0.15, 0.2) is 60.8 Å². The number of hydrogen-bond acceptors (Lipinski definition) is 3. The molecule has 0 radical (unpaired) electrons. The van der Waals surface area contributed by atoms with Gasteiger partial charge >= 0.3 is 0 Å². The Hall–Kier alpha value is -3.54. The van der Waals surface area contributed by atoms with Gasteiger partial charge in [0.25, 0.3) is 0 Å². The van der Waals surface area contributed by atoms with Crippen LogP contribution in [0.2, 0.25) is 0 Å². The molecule has 4 rings (SSSR count). The molecule has 1 aromatic heterocycles. The zero-order chi connectivity index (χ0) is 20.9. The molecule has 2 heterocycles. The summed E-state index contributed by atoms with van der Waals surface area (Å²) in [4.78, 5) is 9.68. The van der Waals surface area contributed by atoms with Gasteiger partial charge in [0.15, 0.2) is 0 Å². The Balaban J connectivity index is 1.48. The first kappa shape index (κ1) is 19.8. The summed E-state index contributed by atoms with van der Waals surface area (Å²) in [5.74, 6) is 0.833. The van der Waals surface area contributed by atoms with E-state index in [4.69, 9.17) is 10.8 Å². The van der Waals surface area contributed by atoms with Crippen molar-refractivity contribution in [1.29, 1.82) is 10.8 Å². The maximum Gasteiger partial charge on any atom is 0.130 e. The van der Waals surface area contributed by atoms with Gasteiger partial charge < -0.3 is 15.3 Å². The van der Waals surface area contributed by atoms with Crippen molar-refractivity contribution in [1.82, 2.24) is 14.9 Å². The van der Waals surface area contributed by atoms with Crippen molar-refractivity contribution < 1.29 is 4.39 Å². The van der Waals surface area contributed by atoms with E-state index in [2.05, 4.69) is 9.97 Å². The van der Waals surface area contributed by atoms with Crippen LogP contribution in [-0.4, -0.2) is 33.5 Å². The fourth-order valence-electron chi connectivity index (χ4n) is 3.86. The monoisotopic (exact) mass is 401 g/mol. The number of nitrogens with zero attached hydrogens (tertiary/aromatic N) is 2. The van der Waals surface area contributed by atoms with Crippen LogP contribution in [0.4, 0.5) is 4.39 Å². The summed E-state index contributed by atoms with van der Waals surface area (Å²) in [6.07, 6.45) is 9.64. The number of aromatic nitrogens is 2. The van der Waals surface area contributed by atoms with E-state index in [1.165, 1.54) is 12.3 Å². The SMILES string of the molecule is N=Cc1ccc(-c2cnc(/C=C\C(=N)N3CCCC[C@@H]3c3cccc(F)c3)[nH]2)cc1. The average Bonchev–Trinajstić information content (AvgIpc) is 3.26. The van der Waals surface area contributed by atoms with Crippen LogP contribution < -0.4 is 0 Å². The summed E-state index contributed by atoms with van der Waals surface area (Å²) < 4.78 is 13.7. The van der Waals surface area contributed by atoms with Crippen molar-refractivity contribution in [2.75, 3.05) is 6.54 Å². The second-order valence-electron chi connectivity index (χ2n) is 7.43. The van der Waals surface area contributed by atoms with Gasteiger partial charge in [0.1, 0.15) is 17.5 Å². The third-order valence-electron chi connectivity index (χ3n) is 5.43. The highest BCUT2D eigenvalue weighted by molar-refractivity contribution is 5.94. The molecule has 0 aliphatic carbocycles. The third-order valence-corrected chi connectivity index (χ3v) is 5.43. The number of imidazole rings is 1. The Morgan fingerprint density at radius 3 is 2.77 bits per heavy atom. The van der Waals surface area contributed by atoms with Crippen molar-refractivity contribution in [2.45, 2.75) is 25.3 Å². The molecule has 0 saturated carbocycles. The fraction of sp³-hybridized carbons (Fsp3) is 0.208. The van der Waals surface area contributed by atoms with E-state index in [-0.39, 0.29) is 11.9 Å². The standard InChI is InChI=1S/C24H24FN5/c25-20-5-3-4-19(14-20)22-6-1-2-13-30(22)23(27)11-12-24-28-16-21(29-24)18-9-7-17(15-26)8-10-18/h3-5,7-12,14-16,22,26-27H,1-2,6,13H2,(H,28,29)/b12-11-,26-15?,27-23?/t22-/m1/s1. The van der Waals surface area contributed by atoms with E-state index in [1.807, 2.05) is 35.2 Å². The molecule has 30 heavy (non-hydrogen) atoms. The Morgan fingerprint density at radius 1 is 1.17 bits per heavy atom. The number of hydrogen-bond donors (Lipinski definition) is 3. The predicted molar refractivity (Wildman–Crippen MR) is 118 cm³/mol. The number of nitrogens with one attached hydrogen (secondary N) is 3. The van der Waals surface area contributed by atoms with Crippen LogP contribution in [0, 0.1) is 16.6 Å². The molecule has 5 nitrogen and oxygen atoms in total. The zero-order valence-corrected chi connectivity index (χ0v) is 16.6. The molecule has 2 aromatic carbocycles. The average molecular weight is 401 g/mol. The van der Waals surface area contributed by atoms with Crippen LogP contribution in [0.3, 0.4) is 0 Å². The lowest BCUT2D eigenvalue weighted by molar-refractivity contribution is 0.244. The second kappa shape index (κ2) is 8.86.